The van der Waals surface area contributed by atoms with E-state index < -0.39 is 10.0 Å². The van der Waals surface area contributed by atoms with Crippen molar-refractivity contribution in [1.82, 2.24) is 19.5 Å². The van der Waals surface area contributed by atoms with Crippen LogP contribution in [-0.2, 0) is 23.6 Å². The van der Waals surface area contributed by atoms with Crippen LogP contribution in [0.25, 0.3) is 0 Å². The van der Waals surface area contributed by atoms with Crippen molar-refractivity contribution >= 4 is 31.6 Å². The Morgan fingerprint density at radius 2 is 2.21 bits per heavy atom. The first-order chi connectivity index (χ1) is 8.90. The average molecular weight is 346 g/mol. The molecule has 1 aromatic heterocycles. The van der Waals surface area contributed by atoms with Gasteiger partial charge in [-0.15, -0.1) is 10.2 Å². The van der Waals surface area contributed by atoms with Gasteiger partial charge in [-0.1, -0.05) is 15.9 Å². The van der Waals surface area contributed by atoms with Gasteiger partial charge in [0.15, 0.2) is 0 Å². The molecule has 19 heavy (non-hydrogen) atoms. The molecule has 2 rings (SSSR count). The predicted octanol–water partition coefficient (Wildman–Crippen LogP) is 0.638. The fraction of sp³-hybridized carbons (Fsp3) is 0.200. The predicted molar refractivity (Wildman–Crippen MR) is 73.6 cm³/mol. The molecule has 0 bridgehead atoms. The molecule has 0 atom stereocenters. The molecule has 0 aliphatic carbocycles. The number of hydrogen-bond donors (Lipinski definition) is 2. The van der Waals surface area contributed by atoms with E-state index >= 15 is 0 Å². The van der Waals surface area contributed by atoms with Gasteiger partial charge in [-0.2, -0.15) is 0 Å². The monoisotopic (exact) mass is 345 g/mol. The lowest BCUT2D eigenvalue weighted by molar-refractivity contribution is 0.578. The normalized spacial score (nSPS) is 11.7. The van der Waals surface area contributed by atoms with E-state index in [1.807, 2.05) is 0 Å². The van der Waals surface area contributed by atoms with Gasteiger partial charge in [0.2, 0.25) is 10.0 Å². The van der Waals surface area contributed by atoms with Crippen LogP contribution in [-0.4, -0.2) is 23.2 Å². The molecule has 0 aliphatic rings. The molecule has 0 spiro atoms. The largest absolute Gasteiger partial charge is 0.398 e. The third kappa shape index (κ3) is 3.11. The quantitative estimate of drug-likeness (QED) is 0.791. The van der Waals surface area contributed by atoms with E-state index in [1.54, 1.807) is 17.7 Å². The highest BCUT2D eigenvalue weighted by Gasteiger charge is 2.18. The number of nitrogens with one attached hydrogen (secondary N) is 1. The number of nitrogen functional groups attached to an aromatic ring is 1. The minimum atomic E-state index is -3.69. The second-order valence-corrected chi connectivity index (χ2v) is 6.52. The molecule has 1 aromatic carbocycles. The molecule has 0 radical (unpaired) electrons. The smallest absolute Gasteiger partial charge is 0.243 e. The Bertz CT molecular complexity index is 698. The fourth-order valence-electron chi connectivity index (χ4n) is 1.45. The van der Waals surface area contributed by atoms with Gasteiger partial charge in [0.25, 0.3) is 0 Å². The van der Waals surface area contributed by atoms with Crippen LogP contribution in [0.3, 0.4) is 0 Å². The van der Waals surface area contributed by atoms with Gasteiger partial charge in [-0.25, -0.2) is 13.1 Å². The third-order valence-corrected chi connectivity index (χ3v) is 4.44. The molecule has 102 valence electrons. The first-order valence-electron chi connectivity index (χ1n) is 5.28. The molecule has 0 aliphatic heterocycles. The molecule has 0 saturated carbocycles. The van der Waals surface area contributed by atoms with Crippen LogP contribution in [0.2, 0.25) is 0 Å². The van der Waals surface area contributed by atoms with Crippen molar-refractivity contribution in [3.8, 4) is 0 Å². The first kappa shape index (κ1) is 14.0. The van der Waals surface area contributed by atoms with Crippen LogP contribution in [0, 0.1) is 0 Å². The Labute approximate surface area is 119 Å². The van der Waals surface area contributed by atoms with Crippen molar-refractivity contribution in [1.29, 1.82) is 0 Å². The lowest BCUT2D eigenvalue weighted by Crippen LogP contribution is -2.25. The van der Waals surface area contributed by atoms with Crippen LogP contribution in [0.5, 0.6) is 0 Å². The van der Waals surface area contributed by atoms with Gasteiger partial charge < -0.3 is 10.3 Å². The Balaban J connectivity index is 2.23. The number of halogens is 1. The summed E-state index contributed by atoms with van der Waals surface area (Å²) in [5, 5.41) is 7.47. The Kier molecular flexibility index (Phi) is 3.88. The highest BCUT2D eigenvalue weighted by Crippen LogP contribution is 2.22. The number of hydrogen-bond acceptors (Lipinski definition) is 5. The Hall–Kier alpha value is -1.45. The number of anilines is 1. The number of sulfonamides is 1. The number of benzene rings is 1. The highest BCUT2D eigenvalue weighted by molar-refractivity contribution is 9.10. The van der Waals surface area contributed by atoms with Gasteiger partial charge in [-0.05, 0) is 18.2 Å². The van der Waals surface area contributed by atoms with E-state index in [0.29, 0.717) is 10.3 Å². The third-order valence-electron chi connectivity index (χ3n) is 2.49. The van der Waals surface area contributed by atoms with Crippen LogP contribution in [0.1, 0.15) is 5.82 Å². The molecular weight excluding hydrogens is 334 g/mol. The summed E-state index contributed by atoms with van der Waals surface area (Å²) in [6.07, 6.45) is 1.50. The maximum absolute atomic E-state index is 12.1. The summed E-state index contributed by atoms with van der Waals surface area (Å²) in [6.45, 7) is 0.0464. The molecule has 3 N–H and O–H groups in total. The van der Waals surface area contributed by atoms with Crippen LogP contribution in [0.4, 0.5) is 5.69 Å². The van der Waals surface area contributed by atoms with Gasteiger partial charge in [0.1, 0.15) is 17.0 Å². The summed E-state index contributed by atoms with van der Waals surface area (Å²) in [5.74, 6) is 0.511. The Morgan fingerprint density at radius 3 is 2.84 bits per heavy atom. The molecule has 0 amide bonds. The van der Waals surface area contributed by atoms with Gasteiger partial charge >= 0.3 is 0 Å². The van der Waals surface area contributed by atoms with Crippen molar-refractivity contribution in [3.05, 3.63) is 34.8 Å². The summed E-state index contributed by atoms with van der Waals surface area (Å²) in [7, 11) is -1.96. The summed E-state index contributed by atoms with van der Waals surface area (Å²) in [6, 6.07) is 4.66. The van der Waals surface area contributed by atoms with Crippen LogP contribution < -0.4 is 10.5 Å². The minimum Gasteiger partial charge on any atom is -0.398 e. The number of aryl methyl sites for hydroxylation is 1. The molecule has 7 nitrogen and oxygen atoms in total. The number of rotatable bonds is 4. The number of nitrogens with two attached hydrogens (primary N) is 1. The summed E-state index contributed by atoms with van der Waals surface area (Å²) in [5.41, 5.74) is 5.87. The number of aromatic nitrogens is 3. The number of nitrogens with zero attached hydrogens (tertiary/aromatic N) is 3. The zero-order valence-corrected chi connectivity index (χ0v) is 12.4. The minimum absolute atomic E-state index is 0.0315. The van der Waals surface area contributed by atoms with Crippen LogP contribution in [0.15, 0.2) is 33.9 Å². The highest BCUT2D eigenvalue weighted by atomic mass is 79.9. The lowest BCUT2D eigenvalue weighted by atomic mass is 10.3. The van der Waals surface area contributed by atoms with Crippen molar-refractivity contribution in [3.63, 3.8) is 0 Å². The van der Waals surface area contributed by atoms with E-state index in [2.05, 4.69) is 30.8 Å². The SMILES string of the molecule is Cn1cnnc1CNS(=O)(=O)c1cc(Br)ccc1N. The van der Waals surface area contributed by atoms with E-state index in [9.17, 15) is 8.42 Å². The molecular formula is C10H12BrN5O2S. The molecule has 2 aromatic rings. The lowest BCUT2D eigenvalue weighted by Gasteiger charge is -2.09. The maximum atomic E-state index is 12.1. The summed E-state index contributed by atoms with van der Waals surface area (Å²) >= 11 is 3.22. The fourth-order valence-corrected chi connectivity index (χ4v) is 3.09. The molecule has 0 fully saturated rings. The van der Waals surface area contributed by atoms with E-state index in [0.717, 1.165) is 0 Å². The van der Waals surface area contributed by atoms with Gasteiger partial charge in [-0.3, -0.25) is 0 Å². The zero-order valence-electron chi connectivity index (χ0n) is 10.0. The van der Waals surface area contributed by atoms with Crippen molar-refractivity contribution in [2.45, 2.75) is 11.4 Å². The van der Waals surface area contributed by atoms with Crippen molar-refractivity contribution in [2.75, 3.05) is 5.73 Å². The summed E-state index contributed by atoms with van der Waals surface area (Å²) < 4.78 is 29.0. The second-order valence-electron chi connectivity index (χ2n) is 3.86. The maximum Gasteiger partial charge on any atom is 0.243 e. The summed E-state index contributed by atoms with van der Waals surface area (Å²) in [4.78, 5) is 0.0315. The Morgan fingerprint density at radius 1 is 1.47 bits per heavy atom. The van der Waals surface area contributed by atoms with Crippen molar-refractivity contribution < 1.29 is 8.42 Å². The van der Waals surface area contributed by atoms with Gasteiger partial charge in [0, 0.05) is 11.5 Å². The van der Waals surface area contributed by atoms with E-state index in [-0.39, 0.29) is 17.1 Å². The first-order valence-corrected chi connectivity index (χ1v) is 7.55. The molecule has 0 unspecified atom stereocenters. The van der Waals surface area contributed by atoms with Crippen molar-refractivity contribution in [2.24, 2.45) is 7.05 Å². The standard InChI is InChI=1S/C10H12BrN5O2S/c1-16-6-13-15-10(16)5-14-19(17,18)9-4-7(11)2-3-8(9)12/h2-4,6,14H,5,12H2,1H3. The van der Waals surface area contributed by atoms with E-state index in [4.69, 9.17) is 5.73 Å². The molecule has 1 heterocycles. The second kappa shape index (κ2) is 5.27. The molecule has 0 saturated heterocycles. The van der Waals surface area contributed by atoms with Gasteiger partial charge in [0.05, 0.1) is 12.2 Å². The zero-order chi connectivity index (χ0) is 14.0. The topological polar surface area (TPSA) is 103 Å². The average Bonchev–Trinajstić information content (AvgIpc) is 2.75. The molecule has 9 heteroatoms. The van der Waals surface area contributed by atoms with Crippen LogP contribution >= 0.6 is 15.9 Å². The van der Waals surface area contributed by atoms with E-state index in [1.165, 1.54) is 18.5 Å².